The zero-order chi connectivity index (χ0) is 15.7. The van der Waals surface area contributed by atoms with Gasteiger partial charge in [0.2, 0.25) is 5.91 Å². The molecule has 7 heteroatoms. The van der Waals surface area contributed by atoms with Crippen LogP contribution in [0.2, 0.25) is 0 Å². The van der Waals surface area contributed by atoms with Crippen LogP contribution in [-0.4, -0.2) is 43.2 Å². The number of carbonyl (C=O) groups is 2. The smallest absolute Gasteiger partial charge is 0.319 e. The molecule has 2 aliphatic rings. The lowest BCUT2D eigenvalue weighted by Gasteiger charge is -2.26. The van der Waals surface area contributed by atoms with Crippen molar-refractivity contribution in [2.75, 3.05) is 26.0 Å². The van der Waals surface area contributed by atoms with E-state index in [-0.39, 0.29) is 17.9 Å². The number of hydrazone groups is 1. The van der Waals surface area contributed by atoms with E-state index in [2.05, 4.69) is 26.1 Å². The zero-order valence-electron chi connectivity index (χ0n) is 12.6. The number of amides is 3. The maximum absolute atomic E-state index is 11.6. The minimum absolute atomic E-state index is 0.0532. The average molecular weight is 301 g/mol. The van der Waals surface area contributed by atoms with Crippen LogP contribution in [0.1, 0.15) is 17.5 Å². The van der Waals surface area contributed by atoms with Crippen molar-refractivity contribution in [2.45, 2.75) is 13.0 Å². The second-order valence-corrected chi connectivity index (χ2v) is 5.87. The molecular weight excluding hydrogens is 282 g/mol. The van der Waals surface area contributed by atoms with Gasteiger partial charge in [0.05, 0.1) is 5.71 Å². The van der Waals surface area contributed by atoms with E-state index in [0.29, 0.717) is 13.0 Å². The van der Waals surface area contributed by atoms with Crippen molar-refractivity contribution in [1.29, 1.82) is 0 Å². The van der Waals surface area contributed by atoms with Gasteiger partial charge in [-0.05, 0) is 37.4 Å². The van der Waals surface area contributed by atoms with E-state index in [9.17, 15) is 9.59 Å². The number of anilines is 1. The lowest BCUT2D eigenvalue weighted by atomic mass is 9.90. The maximum Gasteiger partial charge on any atom is 0.319 e. The van der Waals surface area contributed by atoms with Crippen molar-refractivity contribution >= 4 is 23.3 Å². The van der Waals surface area contributed by atoms with Crippen LogP contribution in [0, 0.1) is 5.92 Å². The first-order chi connectivity index (χ1) is 10.5. The highest BCUT2D eigenvalue weighted by Gasteiger charge is 2.27. The zero-order valence-corrected chi connectivity index (χ0v) is 12.6. The molecule has 7 nitrogen and oxygen atoms in total. The van der Waals surface area contributed by atoms with Crippen LogP contribution in [-0.2, 0) is 11.3 Å². The molecule has 3 amide bonds. The molecule has 0 saturated heterocycles. The second-order valence-electron chi connectivity index (χ2n) is 5.87. The van der Waals surface area contributed by atoms with Gasteiger partial charge in [0.15, 0.2) is 0 Å². The molecule has 0 saturated carbocycles. The number of rotatable bonds is 3. The van der Waals surface area contributed by atoms with Gasteiger partial charge in [0, 0.05) is 31.1 Å². The molecule has 1 unspecified atom stereocenters. The van der Waals surface area contributed by atoms with E-state index in [0.717, 1.165) is 29.1 Å². The highest BCUT2D eigenvalue weighted by Crippen LogP contribution is 2.24. The number of benzene rings is 1. The van der Waals surface area contributed by atoms with Gasteiger partial charge in [-0.1, -0.05) is 6.07 Å². The van der Waals surface area contributed by atoms with E-state index >= 15 is 0 Å². The standard InChI is InChI=1S/C15H19N5O2/c1-20(2)8-11-6-13(21)18-19-14(11)9-3-4-12-10(5-9)7-16-15(22)17-12/h3-5,11H,6-8H2,1-2H3,(H,18,21)(H2,16,17,22). The summed E-state index contributed by atoms with van der Waals surface area (Å²) in [6.07, 6.45) is 0.434. The van der Waals surface area contributed by atoms with Crippen LogP contribution >= 0.6 is 0 Å². The Labute approximate surface area is 128 Å². The third-order valence-corrected chi connectivity index (χ3v) is 3.79. The molecule has 0 spiro atoms. The van der Waals surface area contributed by atoms with Gasteiger partial charge in [-0.2, -0.15) is 5.10 Å². The first-order valence-corrected chi connectivity index (χ1v) is 7.22. The molecule has 1 aromatic carbocycles. The minimum Gasteiger partial charge on any atom is -0.334 e. The maximum atomic E-state index is 11.6. The van der Waals surface area contributed by atoms with E-state index in [1.165, 1.54) is 0 Å². The molecule has 0 radical (unpaired) electrons. The van der Waals surface area contributed by atoms with Gasteiger partial charge in [-0.3, -0.25) is 4.79 Å². The Morgan fingerprint density at radius 3 is 2.91 bits per heavy atom. The van der Waals surface area contributed by atoms with Crippen molar-refractivity contribution in [3.05, 3.63) is 29.3 Å². The van der Waals surface area contributed by atoms with Crippen LogP contribution in [0.5, 0.6) is 0 Å². The fourth-order valence-corrected chi connectivity index (χ4v) is 2.84. The summed E-state index contributed by atoms with van der Waals surface area (Å²) in [4.78, 5) is 25.0. The number of hydrogen-bond donors (Lipinski definition) is 3. The topological polar surface area (TPSA) is 85.8 Å². The lowest BCUT2D eigenvalue weighted by Crippen LogP contribution is -2.39. The summed E-state index contributed by atoms with van der Waals surface area (Å²) in [6.45, 7) is 1.26. The first kappa shape index (κ1) is 14.5. The minimum atomic E-state index is -0.187. The van der Waals surface area contributed by atoms with Crippen LogP contribution in [0.4, 0.5) is 10.5 Å². The van der Waals surface area contributed by atoms with Gasteiger partial charge in [-0.15, -0.1) is 0 Å². The molecule has 2 aliphatic heterocycles. The Hall–Kier alpha value is -2.41. The van der Waals surface area contributed by atoms with E-state index in [1.807, 2.05) is 32.3 Å². The van der Waals surface area contributed by atoms with E-state index < -0.39 is 0 Å². The number of carbonyl (C=O) groups excluding carboxylic acids is 2. The van der Waals surface area contributed by atoms with Crippen LogP contribution in [0.25, 0.3) is 0 Å². The fraction of sp³-hybridized carbons (Fsp3) is 0.400. The lowest BCUT2D eigenvalue weighted by molar-refractivity contribution is -0.122. The van der Waals surface area contributed by atoms with E-state index in [4.69, 9.17) is 0 Å². The number of fused-ring (bicyclic) bond motifs is 1. The van der Waals surface area contributed by atoms with Gasteiger partial charge in [-0.25, -0.2) is 10.2 Å². The molecule has 0 bridgehead atoms. The van der Waals surface area contributed by atoms with Gasteiger partial charge < -0.3 is 15.5 Å². The molecule has 0 aliphatic carbocycles. The van der Waals surface area contributed by atoms with Crippen molar-refractivity contribution in [3.63, 3.8) is 0 Å². The van der Waals surface area contributed by atoms with Crippen molar-refractivity contribution in [3.8, 4) is 0 Å². The largest absolute Gasteiger partial charge is 0.334 e. The quantitative estimate of drug-likeness (QED) is 0.769. The van der Waals surface area contributed by atoms with Gasteiger partial charge in [0.25, 0.3) is 0 Å². The molecule has 3 N–H and O–H groups in total. The van der Waals surface area contributed by atoms with Crippen molar-refractivity contribution < 1.29 is 9.59 Å². The number of urea groups is 1. The Morgan fingerprint density at radius 2 is 2.14 bits per heavy atom. The van der Waals surface area contributed by atoms with Crippen molar-refractivity contribution in [2.24, 2.45) is 11.0 Å². The Balaban J connectivity index is 1.91. The van der Waals surface area contributed by atoms with Crippen LogP contribution < -0.4 is 16.1 Å². The predicted molar refractivity (Wildman–Crippen MR) is 83.6 cm³/mol. The highest BCUT2D eigenvalue weighted by molar-refractivity contribution is 6.06. The summed E-state index contributed by atoms with van der Waals surface area (Å²) in [5, 5.41) is 9.79. The number of nitrogens with one attached hydrogen (secondary N) is 3. The Bertz CT molecular complexity index is 653. The normalized spacial score (nSPS) is 20.7. The van der Waals surface area contributed by atoms with Gasteiger partial charge in [0.1, 0.15) is 0 Å². The number of hydrogen-bond acceptors (Lipinski definition) is 4. The summed E-state index contributed by atoms with van der Waals surface area (Å²) < 4.78 is 0. The third kappa shape index (κ3) is 2.94. The Morgan fingerprint density at radius 1 is 1.32 bits per heavy atom. The molecule has 22 heavy (non-hydrogen) atoms. The molecule has 3 rings (SSSR count). The Kier molecular flexibility index (Phi) is 3.81. The van der Waals surface area contributed by atoms with Crippen LogP contribution in [0.3, 0.4) is 0 Å². The molecule has 0 fully saturated rings. The molecule has 0 aromatic heterocycles. The molecule has 1 aromatic rings. The summed E-state index contributed by atoms with van der Waals surface area (Å²) in [7, 11) is 3.97. The SMILES string of the molecule is CN(C)CC1CC(=O)NN=C1c1ccc2c(c1)CNC(=O)N2. The van der Waals surface area contributed by atoms with E-state index in [1.54, 1.807) is 0 Å². The molecule has 2 heterocycles. The van der Waals surface area contributed by atoms with Crippen molar-refractivity contribution in [1.82, 2.24) is 15.6 Å². The summed E-state index contributed by atoms with van der Waals surface area (Å²) in [5.41, 5.74) is 6.25. The summed E-state index contributed by atoms with van der Waals surface area (Å²) in [6, 6.07) is 5.65. The monoisotopic (exact) mass is 301 g/mol. The summed E-state index contributed by atoms with van der Waals surface area (Å²) in [5.74, 6) is 0.00966. The number of nitrogens with zero attached hydrogens (tertiary/aromatic N) is 2. The fourth-order valence-electron chi connectivity index (χ4n) is 2.84. The molecule has 116 valence electrons. The summed E-state index contributed by atoms with van der Waals surface area (Å²) >= 11 is 0. The van der Waals surface area contributed by atoms with Gasteiger partial charge >= 0.3 is 6.03 Å². The molecular formula is C15H19N5O2. The second kappa shape index (κ2) is 5.76. The first-order valence-electron chi connectivity index (χ1n) is 7.22. The predicted octanol–water partition coefficient (Wildman–Crippen LogP) is 0.723. The van der Waals surface area contributed by atoms with Crippen LogP contribution in [0.15, 0.2) is 23.3 Å². The molecule has 1 atom stereocenters. The average Bonchev–Trinajstić information content (AvgIpc) is 2.46. The highest BCUT2D eigenvalue weighted by atomic mass is 16.2. The third-order valence-electron chi connectivity index (χ3n) is 3.79.